The highest BCUT2D eigenvalue weighted by Crippen LogP contribution is 2.33. The second kappa shape index (κ2) is 7.97. The van der Waals surface area contributed by atoms with Crippen molar-refractivity contribution in [3.63, 3.8) is 0 Å². The number of carbonyl (C=O) groups is 1. The van der Waals surface area contributed by atoms with Gasteiger partial charge < -0.3 is 24.3 Å². The number of aromatic nitrogens is 2. The van der Waals surface area contributed by atoms with Crippen LogP contribution in [0.1, 0.15) is 15.9 Å². The Morgan fingerprint density at radius 3 is 3.07 bits per heavy atom. The Kier molecular flexibility index (Phi) is 5.02. The maximum absolute atomic E-state index is 12.2. The Labute approximate surface area is 173 Å². The minimum Gasteiger partial charge on any atom is -0.496 e. The molecule has 1 saturated heterocycles. The number of nitrogens with one attached hydrogen (secondary N) is 1. The van der Waals surface area contributed by atoms with E-state index in [1.165, 1.54) is 0 Å². The van der Waals surface area contributed by atoms with Gasteiger partial charge in [0.1, 0.15) is 29.9 Å². The van der Waals surface area contributed by atoms with Crippen LogP contribution in [-0.2, 0) is 15.9 Å². The smallest absolute Gasteiger partial charge is 0.255 e. The van der Waals surface area contributed by atoms with Gasteiger partial charge in [0.05, 0.1) is 44.4 Å². The second-order valence-corrected chi connectivity index (χ2v) is 7.33. The molecule has 2 aliphatic heterocycles. The Morgan fingerprint density at radius 2 is 2.23 bits per heavy atom. The molecule has 0 bridgehead atoms. The van der Waals surface area contributed by atoms with Crippen LogP contribution in [0.5, 0.6) is 11.5 Å². The van der Waals surface area contributed by atoms with E-state index >= 15 is 0 Å². The molecule has 2 aliphatic rings. The standard InChI is InChI=1S/C22H23N3O5/c1-27-19-9-15(8-14-2-4-23-22(26)21(14)19)18-11-24-20-10-16(3-5-25(18)20)30-13-17-12-28-6-7-29-17/h3,5,8-11,17H,2,4,6-7,12-13H2,1H3,(H,23,26)/t17-/m1/s1. The monoisotopic (exact) mass is 409 g/mol. The van der Waals surface area contributed by atoms with Gasteiger partial charge in [0.15, 0.2) is 0 Å². The fourth-order valence-electron chi connectivity index (χ4n) is 3.92. The molecule has 8 nitrogen and oxygen atoms in total. The average Bonchev–Trinajstić information content (AvgIpc) is 3.21. The normalized spacial score (nSPS) is 18.7. The van der Waals surface area contributed by atoms with Gasteiger partial charge in [-0.3, -0.25) is 9.20 Å². The van der Waals surface area contributed by atoms with Crippen molar-refractivity contribution in [2.24, 2.45) is 0 Å². The number of carbonyl (C=O) groups excluding carboxylic acids is 1. The number of rotatable bonds is 5. The van der Waals surface area contributed by atoms with Gasteiger partial charge in [-0.2, -0.15) is 0 Å². The predicted octanol–water partition coefficient (Wildman–Crippen LogP) is 2.09. The lowest BCUT2D eigenvalue weighted by Gasteiger charge is -2.22. The molecule has 1 amide bonds. The summed E-state index contributed by atoms with van der Waals surface area (Å²) in [5.74, 6) is 1.21. The van der Waals surface area contributed by atoms with E-state index in [1.807, 2.05) is 41.1 Å². The van der Waals surface area contributed by atoms with Gasteiger partial charge >= 0.3 is 0 Å². The number of imidazole rings is 1. The summed E-state index contributed by atoms with van der Waals surface area (Å²) in [7, 11) is 1.58. The van der Waals surface area contributed by atoms with Crippen molar-refractivity contribution >= 4 is 11.6 Å². The van der Waals surface area contributed by atoms with Crippen molar-refractivity contribution in [2.75, 3.05) is 40.1 Å². The Morgan fingerprint density at radius 1 is 1.30 bits per heavy atom. The number of pyridine rings is 1. The van der Waals surface area contributed by atoms with Crippen molar-refractivity contribution in [3.8, 4) is 22.8 Å². The Bertz CT molecular complexity index is 1070. The van der Waals surface area contributed by atoms with E-state index in [9.17, 15) is 4.79 Å². The van der Waals surface area contributed by atoms with Crippen LogP contribution in [0, 0.1) is 0 Å². The fraction of sp³-hybridized carbons (Fsp3) is 0.364. The summed E-state index contributed by atoms with van der Waals surface area (Å²) >= 11 is 0. The number of nitrogens with zero attached hydrogens (tertiary/aromatic N) is 2. The predicted molar refractivity (Wildman–Crippen MR) is 109 cm³/mol. The zero-order valence-electron chi connectivity index (χ0n) is 16.7. The number of hydrogen-bond donors (Lipinski definition) is 1. The minimum absolute atomic E-state index is 0.0505. The molecule has 1 fully saturated rings. The highest BCUT2D eigenvalue weighted by molar-refractivity contribution is 6.00. The zero-order valence-corrected chi connectivity index (χ0v) is 16.7. The van der Waals surface area contributed by atoms with Crippen LogP contribution in [0.4, 0.5) is 0 Å². The molecule has 5 rings (SSSR count). The lowest BCUT2D eigenvalue weighted by atomic mass is 9.95. The van der Waals surface area contributed by atoms with Gasteiger partial charge in [-0.25, -0.2) is 4.98 Å². The SMILES string of the molecule is COc1cc(-c2cnc3cc(OC[C@H]4COCCO4)ccn23)cc2c1C(=O)NCC2. The number of benzene rings is 1. The lowest BCUT2D eigenvalue weighted by Crippen LogP contribution is -2.33. The molecule has 156 valence electrons. The molecule has 1 atom stereocenters. The molecular weight excluding hydrogens is 386 g/mol. The Balaban J connectivity index is 1.43. The van der Waals surface area contributed by atoms with Crippen LogP contribution in [0.25, 0.3) is 16.9 Å². The first-order chi connectivity index (χ1) is 14.7. The summed E-state index contributed by atoms with van der Waals surface area (Å²) in [4.78, 5) is 16.8. The number of hydrogen-bond acceptors (Lipinski definition) is 6. The topological polar surface area (TPSA) is 83.3 Å². The van der Waals surface area contributed by atoms with E-state index in [1.54, 1.807) is 7.11 Å². The Hall–Kier alpha value is -3.10. The van der Waals surface area contributed by atoms with Crippen LogP contribution >= 0.6 is 0 Å². The molecule has 0 radical (unpaired) electrons. The van der Waals surface area contributed by atoms with Crippen LogP contribution in [0.3, 0.4) is 0 Å². The number of methoxy groups -OCH3 is 1. The van der Waals surface area contributed by atoms with E-state index in [0.29, 0.717) is 44.3 Å². The van der Waals surface area contributed by atoms with Gasteiger partial charge in [-0.15, -0.1) is 0 Å². The molecule has 30 heavy (non-hydrogen) atoms. The van der Waals surface area contributed by atoms with Crippen molar-refractivity contribution in [2.45, 2.75) is 12.5 Å². The van der Waals surface area contributed by atoms with Crippen molar-refractivity contribution in [1.82, 2.24) is 14.7 Å². The van der Waals surface area contributed by atoms with Crippen LogP contribution in [0.2, 0.25) is 0 Å². The van der Waals surface area contributed by atoms with Crippen LogP contribution in [0.15, 0.2) is 36.7 Å². The summed E-state index contributed by atoms with van der Waals surface area (Å²) in [6.45, 7) is 2.85. The maximum atomic E-state index is 12.2. The summed E-state index contributed by atoms with van der Waals surface area (Å²) in [5.41, 5.74) is 4.25. The molecule has 2 aromatic heterocycles. The molecule has 3 aromatic rings. The first-order valence-electron chi connectivity index (χ1n) is 10.0. The van der Waals surface area contributed by atoms with Gasteiger partial charge in [0.25, 0.3) is 5.91 Å². The largest absolute Gasteiger partial charge is 0.496 e. The molecular formula is C22H23N3O5. The summed E-state index contributed by atoms with van der Waals surface area (Å²) in [6.07, 6.45) is 4.48. The van der Waals surface area contributed by atoms with Gasteiger partial charge in [-0.05, 0) is 30.2 Å². The highest BCUT2D eigenvalue weighted by Gasteiger charge is 2.23. The summed E-state index contributed by atoms with van der Waals surface area (Å²) in [6, 6.07) is 7.74. The molecule has 0 aliphatic carbocycles. The number of ether oxygens (including phenoxy) is 4. The quantitative estimate of drug-likeness (QED) is 0.695. The lowest BCUT2D eigenvalue weighted by molar-refractivity contribution is -0.101. The molecule has 1 N–H and O–H groups in total. The van der Waals surface area contributed by atoms with Crippen LogP contribution in [-0.4, -0.2) is 61.5 Å². The summed E-state index contributed by atoms with van der Waals surface area (Å²) in [5, 5.41) is 2.87. The van der Waals surface area contributed by atoms with E-state index in [-0.39, 0.29) is 12.0 Å². The van der Waals surface area contributed by atoms with E-state index in [4.69, 9.17) is 18.9 Å². The molecule has 0 unspecified atom stereocenters. The third-order valence-corrected chi connectivity index (χ3v) is 5.41. The molecule has 4 heterocycles. The van der Waals surface area contributed by atoms with Gasteiger partial charge in [-0.1, -0.05) is 0 Å². The van der Waals surface area contributed by atoms with Crippen molar-refractivity contribution in [1.29, 1.82) is 0 Å². The van der Waals surface area contributed by atoms with E-state index in [2.05, 4.69) is 10.3 Å². The highest BCUT2D eigenvalue weighted by atomic mass is 16.6. The van der Waals surface area contributed by atoms with E-state index < -0.39 is 0 Å². The van der Waals surface area contributed by atoms with Crippen molar-refractivity contribution in [3.05, 3.63) is 47.8 Å². The average molecular weight is 409 g/mol. The second-order valence-electron chi connectivity index (χ2n) is 7.33. The molecule has 0 spiro atoms. The third-order valence-electron chi connectivity index (χ3n) is 5.41. The first kappa shape index (κ1) is 18.9. The maximum Gasteiger partial charge on any atom is 0.255 e. The minimum atomic E-state index is -0.0908. The number of amides is 1. The first-order valence-corrected chi connectivity index (χ1v) is 10.0. The fourth-order valence-corrected chi connectivity index (χ4v) is 3.92. The van der Waals surface area contributed by atoms with Crippen molar-refractivity contribution < 1.29 is 23.7 Å². The van der Waals surface area contributed by atoms with Gasteiger partial charge in [0.2, 0.25) is 0 Å². The number of fused-ring (bicyclic) bond motifs is 2. The molecule has 1 aromatic carbocycles. The van der Waals surface area contributed by atoms with Crippen LogP contribution < -0.4 is 14.8 Å². The van der Waals surface area contributed by atoms with Gasteiger partial charge in [0, 0.05) is 24.4 Å². The summed E-state index contributed by atoms with van der Waals surface area (Å²) < 4.78 is 24.4. The zero-order chi connectivity index (χ0) is 20.5. The molecule has 8 heteroatoms. The van der Waals surface area contributed by atoms with E-state index in [0.717, 1.165) is 34.6 Å². The molecule has 0 saturated carbocycles. The third kappa shape index (κ3) is 3.48.